The van der Waals surface area contributed by atoms with Crippen LogP contribution in [0.4, 0.5) is 24.8 Å². The quantitative estimate of drug-likeness (QED) is 0.719. The summed E-state index contributed by atoms with van der Waals surface area (Å²) in [6.45, 7) is 0.151. The molecular formula is C17H16F3N5. The van der Waals surface area contributed by atoms with Crippen LogP contribution in [-0.4, -0.2) is 28.9 Å². The summed E-state index contributed by atoms with van der Waals surface area (Å²) in [5.74, 6) is -3.29. The van der Waals surface area contributed by atoms with Gasteiger partial charge in [0.05, 0.1) is 5.69 Å². The SMILES string of the molecule is CN(C)c1ncn(-c2cccc(NCc3cc(F)c(F)c(F)c3)c2)n1. The summed E-state index contributed by atoms with van der Waals surface area (Å²) in [5.41, 5.74) is 1.81. The zero-order valence-electron chi connectivity index (χ0n) is 13.7. The third-order valence-electron chi connectivity index (χ3n) is 3.53. The Morgan fingerprint density at radius 1 is 1.08 bits per heavy atom. The predicted molar refractivity (Wildman–Crippen MR) is 89.3 cm³/mol. The number of benzene rings is 2. The summed E-state index contributed by atoms with van der Waals surface area (Å²) in [6, 6.07) is 9.25. The summed E-state index contributed by atoms with van der Waals surface area (Å²) in [4.78, 5) is 5.97. The summed E-state index contributed by atoms with van der Waals surface area (Å²) in [6.07, 6.45) is 1.60. The lowest BCUT2D eigenvalue weighted by molar-refractivity contribution is 0.445. The Balaban J connectivity index is 1.75. The van der Waals surface area contributed by atoms with Crippen LogP contribution >= 0.6 is 0 Å². The highest BCUT2D eigenvalue weighted by Gasteiger charge is 2.10. The van der Waals surface area contributed by atoms with Gasteiger partial charge in [0.25, 0.3) is 0 Å². The number of anilines is 2. The van der Waals surface area contributed by atoms with E-state index in [1.807, 2.05) is 38.4 Å². The van der Waals surface area contributed by atoms with Gasteiger partial charge in [-0.05, 0) is 35.9 Å². The van der Waals surface area contributed by atoms with Gasteiger partial charge < -0.3 is 10.2 Å². The molecule has 0 unspecified atom stereocenters. The monoisotopic (exact) mass is 347 g/mol. The lowest BCUT2D eigenvalue weighted by Gasteiger charge is -2.09. The van der Waals surface area contributed by atoms with E-state index in [4.69, 9.17) is 0 Å². The van der Waals surface area contributed by atoms with E-state index in [1.54, 1.807) is 15.9 Å². The fourth-order valence-corrected chi connectivity index (χ4v) is 2.26. The van der Waals surface area contributed by atoms with Gasteiger partial charge in [-0.2, -0.15) is 4.98 Å². The third-order valence-corrected chi connectivity index (χ3v) is 3.53. The Labute approximate surface area is 142 Å². The van der Waals surface area contributed by atoms with Crippen molar-refractivity contribution in [3.8, 4) is 5.69 Å². The van der Waals surface area contributed by atoms with Crippen LogP contribution in [0.1, 0.15) is 5.56 Å². The van der Waals surface area contributed by atoms with Crippen LogP contribution in [0.5, 0.6) is 0 Å². The van der Waals surface area contributed by atoms with Crippen LogP contribution in [0.15, 0.2) is 42.7 Å². The Morgan fingerprint density at radius 3 is 2.44 bits per heavy atom. The van der Waals surface area contributed by atoms with E-state index in [1.165, 1.54) is 0 Å². The maximum Gasteiger partial charge on any atom is 0.244 e. The van der Waals surface area contributed by atoms with E-state index in [9.17, 15) is 13.2 Å². The highest BCUT2D eigenvalue weighted by molar-refractivity contribution is 5.51. The zero-order valence-corrected chi connectivity index (χ0v) is 13.7. The first-order chi connectivity index (χ1) is 11.9. The molecule has 0 radical (unpaired) electrons. The minimum Gasteiger partial charge on any atom is -0.381 e. The maximum atomic E-state index is 13.3. The van der Waals surface area contributed by atoms with E-state index < -0.39 is 17.5 Å². The van der Waals surface area contributed by atoms with Gasteiger partial charge in [-0.15, -0.1) is 5.10 Å². The molecule has 0 atom stereocenters. The number of rotatable bonds is 5. The zero-order chi connectivity index (χ0) is 18.0. The van der Waals surface area contributed by atoms with Crippen molar-refractivity contribution in [3.63, 3.8) is 0 Å². The van der Waals surface area contributed by atoms with Gasteiger partial charge in [0, 0.05) is 26.3 Å². The van der Waals surface area contributed by atoms with Gasteiger partial charge in [-0.3, -0.25) is 0 Å². The van der Waals surface area contributed by atoms with Gasteiger partial charge in [0.15, 0.2) is 17.5 Å². The predicted octanol–water partition coefficient (Wildman–Crippen LogP) is 3.36. The molecule has 8 heteroatoms. The Kier molecular flexibility index (Phi) is 4.60. The van der Waals surface area contributed by atoms with Crippen LogP contribution in [-0.2, 0) is 6.54 Å². The average molecular weight is 347 g/mol. The fraction of sp³-hybridized carbons (Fsp3) is 0.176. The number of hydrogen-bond acceptors (Lipinski definition) is 4. The van der Waals surface area contributed by atoms with Crippen molar-refractivity contribution in [2.75, 3.05) is 24.3 Å². The standard InChI is InChI=1S/C17H16F3N5/c1-24(2)17-22-10-25(23-17)13-5-3-4-12(8-13)21-9-11-6-14(18)16(20)15(19)7-11/h3-8,10,21H,9H2,1-2H3. The van der Waals surface area contributed by atoms with Gasteiger partial charge in [-0.25, -0.2) is 17.9 Å². The molecule has 0 aliphatic carbocycles. The molecule has 1 heterocycles. The molecule has 2 aromatic carbocycles. The van der Waals surface area contributed by atoms with Crippen LogP contribution < -0.4 is 10.2 Å². The van der Waals surface area contributed by atoms with E-state index in [2.05, 4.69) is 15.4 Å². The minimum atomic E-state index is -1.46. The molecule has 0 aliphatic rings. The molecule has 0 amide bonds. The first-order valence-corrected chi connectivity index (χ1v) is 7.51. The Bertz CT molecular complexity index is 868. The molecule has 0 saturated heterocycles. The van der Waals surface area contributed by atoms with E-state index in [0.717, 1.165) is 23.5 Å². The van der Waals surface area contributed by atoms with Crippen LogP contribution in [0.2, 0.25) is 0 Å². The molecule has 25 heavy (non-hydrogen) atoms. The van der Waals surface area contributed by atoms with Crippen LogP contribution in [0.3, 0.4) is 0 Å². The molecule has 1 N–H and O–H groups in total. The normalized spacial score (nSPS) is 10.8. The van der Waals surface area contributed by atoms with Gasteiger partial charge >= 0.3 is 0 Å². The van der Waals surface area contributed by atoms with E-state index >= 15 is 0 Å². The molecule has 0 bridgehead atoms. The topological polar surface area (TPSA) is 46.0 Å². The van der Waals surface area contributed by atoms with E-state index in [0.29, 0.717) is 11.5 Å². The van der Waals surface area contributed by atoms with Crippen LogP contribution in [0, 0.1) is 17.5 Å². The van der Waals surface area contributed by atoms with Gasteiger partial charge in [-0.1, -0.05) is 6.07 Å². The van der Waals surface area contributed by atoms with Crippen molar-refractivity contribution in [2.24, 2.45) is 0 Å². The van der Waals surface area contributed by atoms with Crippen molar-refractivity contribution in [2.45, 2.75) is 6.54 Å². The second-order valence-electron chi connectivity index (χ2n) is 5.66. The average Bonchev–Trinajstić information content (AvgIpc) is 3.08. The minimum absolute atomic E-state index is 0.151. The van der Waals surface area contributed by atoms with Crippen molar-refractivity contribution in [1.82, 2.24) is 14.8 Å². The summed E-state index contributed by atoms with van der Waals surface area (Å²) < 4.78 is 41.1. The Hall–Kier alpha value is -3.03. The molecule has 0 saturated carbocycles. The summed E-state index contributed by atoms with van der Waals surface area (Å²) in [5, 5.41) is 7.38. The van der Waals surface area contributed by atoms with Crippen molar-refractivity contribution >= 4 is 11.6 Å². The molecule has 3 aromatic rings. The number of nitrogens with one attached hydrogen (secondary N) is 1. The molecule has 0 fully saturated rings. The number of nitrogens with zero attached hydrogens (tertiary/aromatic N) is 4. The molecule has 0 spiro atoms. The number of aromatic nitrogens is 3. The lowest BCUT2D eigenvalue weighted by atomic mass is 10.2. The highest BCUT2D eigenvalue weighted by atomic mass is 19.2. The molecule has 0 aliphatic heterocycles. The molecule has 5 nitrogen and oxygen atoms in total. The van der Waals surface area contributed by atoms with E-state index in [-0.39, 0.29) is 6.54 Å². The summed E-state index contributed by atoms with van der Waals surface area (Å²) >= 11 is 0. The number of halogens is 3. The molecule has 1 aromatic heterocycles. The lowest BCUT2D eigenvalue weighted by Crippen LogP contribution is -2.11. The Morgan fingerprint density at radius 2 is 1.80 bits per heavy atom. The molecule has 130 valence electrons. The first kappa shape index (κ1) is 16.8. The smallest absolute Gasteiger partial charge is 0.244 e. The number of hydrogen-bond donors (Lipinski definition) is 1. The third kappa shape index (κ3) is 3.73. The second kappa shape index (κ2) is 6.84. The van der Waals surface area contributed by atoms with Gasteiger partial charge in [0.1, 0.15) is 6.33 Å². The van der Waals surface area contributed by atoms with Crippen LogP contribution in [0.25, 0.3) is 5.69 Å². The largest absolute Gasteiger partial charge is 0.381 e. The highest BCUT2D eigenvalue weighted by Crippen LogP contribution is 2.18. The summed E-state index contributed by atoms with van der Waals surface area (Å²) in [7, 11) is 3.69. The van der Waals surface area contributed by atoms with Gasteiger partial charge in [0.2, 0.25) is 5.95 Å². The van der Waals surface area contributed by atoms with Crippen molar-refractivity contribution in [1.29, 1.82) is 0 Å². The molecule has 3 rings (SSSR count). The molecular weight excluding hydrogens is 331 g/mol. The maximum absolute atomic E-state index is 13.3. The second-order valence-corrected chi connectivity index (χ2v) is 5.66. The fourth-order valence-electron chi connectivity index (χ4n) is 2.26. The first-order valence-electron chi connectivity index (χ1n) is 7.51. The van der Waals surface area contributed by atoms with Crippen molar-refractivity contribution < 1.29 is 13.2 Å². The van der Waals surface area contributed by atoms with Crippen molar-refractivity contribution in [3.05, 3.63) is 65.7 Å².